The van der Waals surface area contributed by atoms with E-state index in [0.29, 0.717) is 5.92 Å². The van der Waals surface area contributed by atoms with E-state index in [1.165, 1.54) is 30.2 Å². The first-order valence-electron chi connectivity index (χ1n) is 7.43. The fourth-order valence-electron chi connectivity index (χ4n) is 3.05. The van der Waals surface area contributed by atoms with Crippen LogP contribution in [0.15, 0.2) is 0 Å². The Hall–Kier alpha value is -0.830. The summed E-state index contributed by atoms with van der Waals surface area (Å²) in [5.74, 6) is 3.86. The highest BCUT2D eigenvalue weighted by atomic mass is 15.1. The summed E-state index contributed by atoms with van der Waals surface area (Å²) in [6.07, 6.45) is 3.68. The summed E-state index contributed by atoms with van der Waals surface area (Å²) in [5, 5.41) is 3.44. The molecule has 0 radical (unpaired) electrons. The van der Waals surface area contributed by atoms with Crippen molar-refractivity contribution >= 4 is 0 Å². The molecule has 2 atom stereocenters. The summed E-state index contributed by atoms with van der Waals surface area (Å²) in [4.78, 5) is 4.90. The topological polar surface area (TPSA) is 29.9 Å². The number of hydrogen-bond acceptors (Lipinski definition) is 2. The summed E-state index contributed by atoms with van der Waals surface area (Å²) >= 11 is 0. The molecule has 100 valence electrons. The van der Waals surface area contributed by atoms with Crippen molar-refractivity contribution in [3.05, 3.63) is 17.2 Å². The van der Waals surface area contributed by atoms with Crippen molar-refractivity contribution in [3.8, 4) is 0 Å². The van der Waals surface area contributed by atoms with E-state index >= 15 is 0 Å². The van der Waals surface area contributed by atoms with E-state index in [-0.39, 0.29) is 0 Å². The molecule has 18 heavy (non-hydrogen) atoms. The Bertz CT molecular complexity index is 433. The van der Waals surface area contributed by atoms with E-state index in [0.717, 1.165) is 37.8 Å². The van der Waals surface area contributed by atoms with Crippen molar-refractivity contribution < 1.29 is 0 Å². The zero-order chi connectivity index (χ0) is 12.7. The number of fused-ring (bicyclic) bond motifs is 1. The van der Waals surface area contributed by atoms with Crippen LogP contribution in [0.3, 0.4) is 0 Å². The van der Waals surface area contributed by atoms with E-state index in [1.54, 1.807) is 0 Å². The van der Waals surface area contributed by atoms with E-state index in [4.69, 9.17) is 4.98 Å². The van der Waals surface area contributed by atoms with Crippen LogP contribution in [-0.2, 0) is 25.9 Å². The lowest BCUT2D eigenvalue weighted by Crippen LogP contribution is -2.25. The molecule has 2 unspecified atom stereocenters. The summed E-state index contributed by atoms with van der Waals surface area (Å²) in [7, 11) is 0. The third-order valence-electron chi connectivity index (χ3n) is 4.35. The number of hydrogen-bond donors (Lipinski definition) is 1. The molecule has 1 N–H and O–H groups in total. The minimum Gasteiger partial charge on any atom is -0.331 e. The minimum absolute atomic E-state index is 0.692. The average Bonchev–Trinajstić information content (AvgIpc) is 2.90. The molecule has 3 rings (SSSR count). The molecular formula is C15H25N3. The van der Waals surface area contributed by atoms with Gasteiger partial charge in [0.2, 0.25) is 0 Å². The van der Waals surface area contributed by atoms with Gasteiger partial charge in [-0.2, -0.15) is 0 Å². The molecule has 2 aliphatic rings. The smallest absolute Gasteiger partial charge is 0.109 e. The minimum atomic E-state index is 0.692. The summed E-state index contributed by atoms with van der Waals surface area (Å²) in [6.45, 7) is 10.2. The molecule has 3 nitrogen and oxygen atoms in total. The maximum atomic E-state index is 4.90. The van der Waals surface area contributed by atoms with E-state index < -0.39 is 0 Å². The van der Waals surface area contributed by atoms with Crippen LogP contribution in [0, 0.1) is 17.8 Å². The number of aromatic nitrogens is 2. The molecule has 1 aliphatic carbocycles. The Balaban J connectivity index is 1.88. The van der Waals surface area contributed by atoms with Gasteiger partial charge in [0.1, 0.15) is 5.82 Å². The molecule has 1 aromatic heterocycles. The Labute approximate surface area is 110 Å². The molecule has 2 heterocycles. The van der Waals surface area contributed by atoms with Crippen molar-refractivity contribution in [2.45, 2.75) is 53.1 Å². The van der Waals surface area contributed by atoms with Gasteiger partial charge in [-0.05, 0) is 24.2 Å². The molecule has 0 aromatic carbocycles. The van der Waals surface area contributed by atoms with E-state index in [1.807, 2.05) is 0 Å². The highest BCUT2D eigenvalue weighted by molar-refractivity contribution is 5.21. The highest BCUT2D eigenvalue weighted by Crippen LogP contribution is 2.40. The van der Waals surface area contributed by atoms with Crippen LogP contribution in [0.2, 0.25) is 0 Å². The maximum absolute atomic E-state index is 4.90. The van der Waals surface area contributed by atoms with Gasteiger partial charge in [0.25, 0.3) is 0 Å². The van der Waals surface area contributed by atoms with Crippen LogP contribution < -0.4 is 5.32 Å². The van der Waals surface area contributed by atoms with Crippen molar-refractivity contribution in [1.29, 1.82) is 0 Å². The predicted octanol–water partition coefficient (Wildman–Crippen LogP) is 2.38. The molecule has 0 spiro atoms. The van der Waals surface area contributed by atoms with Crippen LogP contribution in [0.25, 0.3) is 0 Å². The van der Waals surface area contributed by atoms with E-state index in [2.05, 4.69) is 30.7 Å². The molecule has 1 saturated carbocycles. The second-order valence-electron chi connectivity index (χ2n) is 6.53. The zero-order valence-corrected chi connectivity index (χ0v) is 11.9. The SMILES string of the molecule is CC(C)Cc1nc2c(n1CC1CC1C)CCNC2. The van der Waals surface area contributed by atoms with Crippen molar-refractivity contribution in [3.63, 3.8) is 0 Å². The summed E-state index contributed by atoms with van der Waals surface area (Å²) in [5.41, 5.74) is 2.83. The summed E-state index contributed by atoms with van der Waals surface area (Å²) in [6, 6.07) is 0. The largest absolute Gasteiger partial charge is 0.331 e. The highest BCUT2D eigenvalue weighted by Gasteiger charge is 2.34. The molecule has 1 fully saturated rings. The van der Waals surface area contributed by atoms with Crippen LogP contribution in [0.5, 0.6) is 0 Å². The van der Waals surface area contributed by atoms with Gasteiger partial charge in [-0.3, -0.25) is 0 Å². The number of imidazole rings is 1. The molecule has 0 bridgehead atoms. The van der Waals surface area contributed by atoms with Gasteiger partial charge in [-0.25, -0.2) is 4.98 Å². The molecule has 0 saturated heterocycles. The fourth-order valence-corrected chi connectivity index (χ4v) is 3.05. The first-order chi connectivity index (χ1) is 8.65. The van der Waals surface area contributed by atoms with Crippen molar-refractivity contribution in [2.75, 3.05) is 6.54 Å². The van der Waals surface area contributed by atoms with E-state index in [9.17, 15) is 0 Å². The summed E-state index contributed by atoms with van der Waals surface area (Å²) < 4.78 is 2.56. The molecule has 3 heteroatoms. The molecule has 0 amide bonds. The second-order valence-corrected chi connectivity index (χ2v) is 6.53. The van der Waals surface area contributed by atoms with Gasteiger partial charge < -0.3 is 9.88 Å². The quantitative estimate of drug-likeness (QED) is 0.885. The van der Waals surface area contributed by atoms with Crippen LogP contribution in [-0.4, -0.2) is 16.1 Å². The fraction of sp³-hybridized carbons (Fsp3) is 0.800. The Morgan fingerprint density at radius 3 is 2.89 bits per heavy atom. The lowest BCUT2D eigenvalue weighted by molar-refractivity contribution is 0.513. The van der Waals surface area contributed by atoms with Crippen LogP contribution in [0.4, 0.5) is 0 Å². The van der Waals surface area contributed by atoms with Gasteiger partial charge >= 0.3 is 0 Å². The average molecular weight is 247 g/mol. The molecule has 1 aromatic rings. The Morgan fingerprint density at radius 2 is 2.22 bits per heavy atom. The van der Waals surface area contributed by atoms with Gasteiger partial charge in [0, 0.05) is 38.2 Å². The lowest BCUT2D eigenvalue weighted by atomic mass is 10.1. The number of nitrogens with one attached hydrogen (secondary N) is 1. The second kappa shape index (κ2) is 4.69. The van der Waals surface area contributed by atoms with Crippen LogP contribution in [0.1, 0.15) is 44.4 Å². The Kier molecular flexibility index (Phi) is 3.18. The normalized spacial score (nSPS) is 26.4. The third kappa shape index (κ3) is 2.33. The molecule has 1 aliphatic heterocycles. The van der Waals surface area contributed by atoms with Crippen molar-refractivity contribution in [2.24, 2.45) is 17.8 Å². The standard InChI is InChI=1S/C15H25N3/c1-10(2)6-15-17-13-8-16-5-4-14(13)18(15)9-12-7-11(12)3/h10-12,16H,4-9H2,1-3H3. The molecular weight excluding hydrogens is 222 g/mol. The maximum Gasteiger partial charge on any atom is 0.109 e. The van der Waals surface area contributed by atoms with Gasteiger partial charge in [0.15, 0.2) is 0 Å². The zero-order valence-electron chi connectivity index (χ0n) is 11.9. The number of rotatable bonds is 4. The van der Waals surface area contributed by atoms with Gasteiger partial charge in [-0.1, -0.05) is 20.8 Å². The van der Waals surface area contributed by atoms with Crippen molar-refractivity contribution in [1.82, 2.24) is 14.9 Å². The third-order valence-corrected chi connectivity index (χ3v) is 4.35. The monoisotopic (exact) mass is 247 g/mol. The van der Waals surface area contributed by atoms with Gasteiger partial charge in [-0.15, -0.1) is 0 Å². The predicted molar refractivity (Wildman–Crippen MR) is 73.5 cm³/mol. The lowest BCUT2D eigenvalue weighted by Gasteiger charge is -2.16. The first kappa shape index (κ1) is 12.2. The van der Waals surface area contributed by atoms with Crippen LogP contribution >= 0.6 is 0 Å². The first-order valence-corrected chi connectivity index (χ1v) is 7.43. The number of nitrogens with zero attached hydrogens (tertiary/aromatic N) is 2. The Morgan fingerprint density at radius 1 is 1.44 bits per heavy atom. The van der Waals surface area contributed by atoms with Gasteiger partial charge in [0.05, 0.1) is 5.69 Å².